The highest BCUT2D eigenvalue weighted by Crippen LogP contribution is 2.33. The molecule has 6 nitrogen and oxygen atoms in total. The fraction of sp³-hybridized carbons (Fsp3) is 0.583. The van der Waals surface area contributed by atoms with Gasteiger partial charge in [0.25, 0.3) is 0 Å². The largest absolute Gasteiger partial charge is 0.373 e. The van der Waals surface area contributed by atoms with E-state index in [0.717, 1.165) is 63.7 Å². The van der Waals surface area contributed by atoms with E-state index in [1.54, 1.807) is 0 Å². The van der Waals surface area contributed by atoms with Crippen LogP contribution in [0.3, 0.4) is 0 Å². The number of benzene rings is 1. The fourth-order valence-corrected chi connectivity index (χ4v) is 4.04. The van der Waals surface area contributed by atoms with E-state index < -0.39 is 0 Å². The van der Waals surface area contributed by atoms with Crippen molar-refractivity contribution in [3.05, 3.63) is 52.8 Å². The molecular formula is C24H37N5O. The van der Waals surface area contributed by atoms with Crippen LogP contribution in [0.1, 0.15) is 54.8 Å². The number of guanidine groups is 1. The minimum atomic E-state index is 0.136. The summed E-state index contributed by atoms with van der Waals surface area (Å²) in [4.78, 5) is 4.89. The second-order valence-corrected chi connectivity index (χ2v) is 8.25. The van der Waals surface area contributed by atoms with Crippen LogP contribution in [-0.4, -0.2) is 42.0 Å². The Kier molecular flexibility index (Phi) is 8.31. The van der Waals surface area contributed by atoms with Gasteiger partial charge in [-0.2, -0.15) is 5.10 Å². The Morgan fingerprint density at radius 2 is 2.00 bits per heavy atom. The van der Waals surface area contributed by atoms with Gasteiger partial charge in [-0.05, 0) is 58.6 Å². The summed E-state index contributed by atoms with van der Waals surface area (Å²) in [5.74, 6) is 1.30. The SMILES string of the molecule is CCNC(=NCC1CCCOC1c1ccc(C)cc1)NCCCn1nc(C)cc1C. The predicted molar refractivity (Wildman–Crippen MR) is 123 cm³/mol. The lowest BCUT2D eigenvalue weighted by Crippen LogP contribution is -2.39. The summed E-state index contributed by atoms with van der Waals surface area (Å²) >= 11 is 0. The number of rotatable bonds is 8. The number of nitrogens with one attached hydrogen (secondary N) is 2. The highest BCUT2D eigenvalue weighted by molar-refractivity contribution is 5.79. The highest BCUT2D eigenvalue weighted by Gasteiger charge is 2.27. The van der Waals surface area contributed by atoms with Crippen molar-refractivity contribution in [2.24, 2.45) is 10.9 Å². The first-order chi connectivity index (χ1) is 14.6. The Hall–Kier alpha value is -2.34. The Morgan fingerprint density at radius 1 is 1.20 bits per heavy atom. The molecule has 1 saturated heterocycles. The van der Waals surface area contributed by atoms with Crippen molar-refractivity contribution >= 4 is 5.96 Å². The van der Waals surface area contributed by atoms with Gasteiger partial charge in [-0.3, -0.25) is 9.67 Å². The molecule has 0 bridgehead atoms. The number of aromatic nitrogens is 2. The molecule has 1 aromatic carbocycles. The van der Waals surface area contributed by atoms with E-state index in [9.17, 15) is 0 Å². The van der Waals surface area contributed by atoms with Crippen molar-refractivity contribution < 1.29 is 4.74 Å². The molecule has 30 heavy (non-hydrogen) atoms. The molecule has 0 aliphatic carbocycles. The van der Waals surface area contributed by atoms with Gasteiger partial charge in [0.2, 0.25) is 0 Å². The summed E-state index contributed by atoms with van der Waals surface area (Å²) in [5.41, 5.74) is 4.84. The molecule has 3 rings (SSSR count). The van der Waals surface area contributed by atoms with Crippen molar-refractivity contribution in [3.63, 3.8) is 0 Å². The molecule has 2 atom stereocenters. The lowest BCUT2D eigenvalue weighted by atomic mass is 9.89. The van der Waals surface area contributed by atoms with E-state index in [4.69, 9.17) is 9.73 Å². The Morgan fingerprint density at radius 3 is 2.70 bits per heavy atom. The van der Waals surface area contributed by atoms with Crippen molar-refractivity contribution in [1.82, 2.24) is 20.4 Å². The number of ether oxygens (including phenoxy) is 1. The Balaban J connectivity index is 1.54. The first-order valence-corrected chi connectivity index (χ1v) is 11.3. The molecule has 2 N–H and O–H groups in total. The van der Waals surface area contributed by atoms with E-state index >= 15 is 0 Å². The summed E-state index contributed by atoms with van der Waals surface area (Å²) in [5, 5.41) is 11.4. The second-order valence-electron chi connectivity index (χ2n) is 8.25. The lowest BCUT2D eigenvalue weighted by Gasteiger charge is -2.31. The smallest absolute Gasteiger partial charge is 0.191 e. The first-order valence-electron chi connectivity index (χ1n) is 11.3. The van der Waals surface area contributed by atoms with Crippen molar-refractivity contribution in [2.75, 3.05) is 26.2 Å². The van der Waals surface area contributed by atoms with Gasteiger partial charge in [0.05, 0.1) is 11.8 Å². The molecule has 0 spiro atoms. The quantitative estimate of drug-likeness (QED) is 0.393. The van der Waals surface area contributed by atoms with E-state index in [-0.39, 0.29) is 6.10 Å². The molecule has 0 saturated carbocycles. The van der Waals surface area contributed by atoms with Crippen molar-refractivity contribution in [3.8, 4) is 0 Å². The third kappa shape index (κ3) is 6.33. The van der Waals surface area contributed by atoms with Crippen LogP contribution in [0.15, 0.2) is 35.3 Å². The molecule has 1 aliphatic rings. The average molecular weight is 412 g/mol. The topological polar surface area (TPSA) is 63.5 Å². The maximum absolute atomic E-state index is 6.15. The van der Waals surface area contributed by atoms with Gasteiger partial charge in [0.15, 0.2) is 5.96 Å². The minimum Gasteiger partial charge on any atom is -0.373 e. The van der Waals surface area contributed by atoms with Gasteiger partial charge in [-0.1, -0.05) is 29.8 Å². The van der Waals surface area contributed by atoms with Gasteiger partial charge in [-0.15, -0.1) is 0 Å². The van der Waals surface area contributed by atoms with Crippen LogP contribution in [0, 0.1) is 26.7 Å². The van der Waals surface area contributed by atoms with Crippen LogP contribution in [-0.2, 0) is 11.3 Å². The summed E-state index contributed by atoms with van der Waals surface area (Å²) in [7, 11) is 0. The number of hydrogen-bond acceptors (Lipinski definition) is 3. The monoisotopic (exact) mass is 411 g/mol. The molecule has 6 heteroatoms. The molecule has 0 amide bonds. The number of aliphatic imine (C=N–C) groups is 1. The third-order valence-corrected chi connectivity index (χ3v) is 5.62. The number of nitrogens with zero attached hydrogens (tertiary/aromatic N) is 3. The van der Waals surface area contributed by atoms with Gasteiger partial charge >= 0.3 is 0 Å². The van der Waals surface area contributed by atoms with Crippen LogP contribution in [0.4, 0.5) is 0 Å². The molecule has 164 valence electrons. The fourth-order valence-electron chi connectivity index (χ4n) is 4.04. The molecule has 2 unspecified atom stereocenters. The molecule has 2 aromatic rings. The lowest BCUT2D eigenvalue weighted by molar-refractivity contribution is -0.0250. The zero-order valence-electron chi connectivity index (χ0n) is 18.9. The van der Waals surface area contributed by atoms with Gasteiger partial charge in [-0.25, -0.2) is 0 Å². The number of hydrogen-bond donors (Lipinski definition) is 2. The second kappa shape index (κ2) is 11.2. The summed E-state index contributed by atoms with van der Waals surface area (Å²) in [6.07, 6.45) is 3.40. The Labute approximate surface area is 181 Å². The average Bonchev–Trinajstić information content (AvgIpc) is 3.07. The normalized spacial score (nSPS) is 19.7. The molecule has 1 aliphatic heterocycles. The van der Waals surface area contributed by atoms with Gasteiger partial charge < -0.3 is 15.4 Å². The number of aryl methyl sites for hydroxylation is 4. The minimum absolute atomic E-state index is 0.136. The Bertz CT molecular complexity index is 812. The molecule has 2 heterocycles. The summed E-state index contributed by atoms with van der Waals surface area (Å²) in [6.45, 7) is 12.6. The molecular weight excluding hydrogens is 374 g/mol. The van der Waals surface area contributed by atoms with Crippen LogP contribution in [0.2, 0.25) is 0 Å². The van der Waals surface area contributed by atoms with E-state index in [1.165, 1.54) is 16.8 Å². The van der Waals surface area contributed by atoms with Crippen LogP contribution in [0.25, 0.3) is 0 Å². The maximum Gasteiger partial charge on any atom is 0.191 e. The summed E-state index contributed by atoms with van der Waals surface area (Å²) < 4.78 is 8.23. The van der Waals surface area contributed by atoms with Crippen molar-refractivity contribution in [1.29, 1.82) is 0 Å². The van der Waals surface area contributed by atoms with Crippen molar-refractivity contribution in [2.45, 2.75) is 59.6 Å². The molecule has 1 aromatic heterocycles. The predicted octanol–water partition coefficient (Wildman–Crippen LogP) is 3.92. The van der Waals surface area contributed by atoms with Crippen LogP contribution >= 0.6 is 0 Å². The standard InChI is InChI=1S/C24H37N5O/c1-5-25-24(26-13-7-14-29-20(4)16-19(3)28-29)27-17-22-8-6-15-30-23(22)21-11-9-18(2)10-12-21/h9-12,16,22-23H,5-8,13-15,17H2,1-4H3,(H2,25,26,27). The van der Waals surface area contributed by atoms with E-state index in [2.05, 4.69) is 71.5 Å². The van der Waals surface area contributed by atoms with E-state index in [0.29, 0.717) is 5.92 Å². The van der Waals surface area contributed by atoms with Gasteiger partial charge in [0, 0.05) is 44.4 Å². The van der Waals surface area contributed by atoms with E-state index in [1.807, 2.05) is 6.92 Å². The molecule has 1 fully saturated rings. The van der Waals surface area contributed by atoms with Gasteiger partial charge in [0.1, 0.15) is 0 Å². The van der Waals surface area contributed by atoms with Crippen LogP contribution < -0.4 is 10.6 Å². The van der Waals surface area contributed by atoms with Crippen LogP contribution in [0.5, 0.6) is 0 Å². The first kappa shape index (κ1) is 22.3. The molecule has 0 radical (unpaired) electrons. The highest BCUT2D eigenvalue weighted by atomic mass is 16.5. The summed E-state index contributed by atoms with van der Waals surface area (Å²) in [6, 6.07) is 10.9. The zero-order chi connectivity index (χ0) is 21.3. The third-order valence-electron chi connectivity index (χ3n) is 5.62. The maximum atomic E-state index is 6.15. The zero-order valence-corrected chi connectivity index (χ0v) is 18.9.